The van der Waals surface area contributed by atoms with E-state index in [4.69, 9.17) is 4.74 Å². The molecular weight excluding hydrogens is 210 g/mol. The molecule has 0 fully saturated rings. The van der Waals surface area contributed by atoms with Crippen molar-refractivity contribution in [2.45, 2.75) is 39.5 Å². The monoisotopic (exact) mass is 231 g/mol. The Kier molecular flexibility index (Phi) is 2.53. The van der Waals surface area contributed by atoms with E-state index in [1.54, 1.807) is 23.9 Å². The molecular formula is C15H21NO. The maximum absolute atomic E-state index is 5.63. The van der Waals surface area contributed by atoms with Crippen LogP contribution in [0.25, 0.3) is 0 Å². The van der Waals surface area contributed by atoms with E-state index in [9.17, 15) is 0 Å². The lowest BCUT2D eigenvalue weighted by Gasteiger charge is -2.39. The summed E-state index contributed by atoms with van der Waals surface area (Å²) in [6, 6.07) is 0. The van der Waals surface area contributed by atoms with Gasteiger partial charge in [-0.2, -0.15) is 0 Å². The summed E-state index contributed by atoms with van der Waals surface area (Å²) in [5.74, 6) is 1.13. The zero-order valence-electron chi connectivity index (χ0n) is 11.1. The minimum atomic E-state index is 1.13. The summed E-state index contributed by atoms with van der Waals surface area (Å²) in [7, 11) is 1.80. The van der Waals surface area contributed by atoms with Crippen molar-refractivity contribution in [3.8, 4) is 5.75 Å². The molecule has 2 heteroatoms. The number of hydrogen-bond donors (Lipinski definition) is 0. The largest absolute Gasteiger partial charge is 0.496 e. The molecule has 3 rings (SSSR count). The molecule has 0 unspecified atom stereocenters. The smallest absolute Gasteiger partial charge is 0.125 e. The van der Waals surface area contributed by atoms with E-state index in [1.807, 2.05) is 0 Å². The van der Waals surface area contributed by atoms with E-state index in [0.29, 0.717) is 0 Å². The average molecular weight is 231 g/mol. The molecule has 0 spiro atoms. The summed E-state index contributed by atoms with van der Waals surface area (Å²) >= 11 is 0. The van der Waals surface area contributed by atoms with Crippen molar-refractivity contribution in [2.24, 2.45) is 0 Å². The number of ether oxygens (including phenoxy) is 1. The van der Waals surface area contributed by atoms with Crippen LogP contribution >= 0.6 is 0 Å². The molecule has 2 aliphatic rings. The Morgan fingerprint density at radius 2 is 1.47 bits per heavy atom. The second-order valence-corrected chi connectivity index (χ2v) is 5.28. The highest BCUT2D eigenvalue weighted by molar-refractivity contribution is 5.71. The van der Waals surface area contributed by atoms with E-state index in [2.05, 4.69) is 18.7 Å². The molecule has 1 aromatic carbocycles. The van der Waals surface area contributed by atoms with Gasteiger partial charge in [0.1, 0.15) is 5.75 Å². The molecule has 0 amide bonds. The van der Waals surface area contributed by atoms with Gasteiger partial charge in [0.25, 0.3) is 0 Å². The first-order chi connectivity index (χ1) is 8.24. The highest BCUT2D eigenvalue weighted by Gasteiger charge is 2.28. The molecule has 0 saturated carbocycles. The van der Waals surface area contributed by atoms with Crippen LogP contribution in [-0.2, 0) is 12.8 Å². The standard InChI is InChI=1S/C15H21NO/c1-10-12-6-4-8-16-9-5-7-13(14(12)16)11(2)15(10)17-3/h4-9H2,1-3H3. The average Bonchev–Trinajstić information content (AvgIpc) is 2.36. The lowest BCUT2D eigenvalue weighted by Crippen LogP contribution is -2.35. The van der Waals surface area contributed by atoms with E-state index in [1.165, 1.54) is 49.9 Å². The minimum Gasteiger partial charge on any atom is -0.496 e. The first kappa shape index (κ1) is 10.9. The first-order valence-electron chi connectivity index (χ1n) is 6.68. The molecule has 92 valence electrons. The number of anilines is 1. The van der Waals surface area contributed by atoms with Crippen LogP contribution in [0.5, 0.6) is 5.75 Å². The highest BCUT2D eigenvalue weighted by Crippen LogP contribution is 2.43. The molecule has 0 radical (unpaired) electrons. The Morgan fingerprint density at radius 1 is 0.941 bits per heavy atom. The van der Waals surface area contributed by atoms with Crippen LogP contribution in [0, 0.1) is 13.8 Å². The molecule has 2 nitrogen and oxygen atoms in total. The molecule has 0 saturated heterocycles. The van der Waals surface area contributed by atoms with Crippen LogP contribution in [0.2, 0.25) is 0 Å². The second-order valence-electron chi connectivity index (χ2n) is 5.28. The predicted molar refractivity (Wildman–Crippen MR) is 71.3 cm³/mol. The van der Waals surface area contributed by atoms with E-state index in [0.717, 1.165) is 5.75 Å². The molecule has 0 aromatic heterocycles. The van der Waals surface area contributed by atoms with Crippen molar-refractivity contribution in [3.63, 3.8) is 0 Å². The number of nitrogens with zero attached hydrogens (tertiary/aromatic N) is 1. The Bertz CT molecular complexity index is 427. The maximum Gasteiger partial charge on any atom is 0.125 e. The fraction of sp³-hybridized carbons (Fsp3) is 0.600. The molecule has 2 aliphatic heterocycles. The molecule has 0 atom stereocenters. The van der Waals surface area contributed by atoms with E-state index < -0.39 is 0 Å². The van der Waals surface area contributed by atoms with Crippen LogP contribution in [0.1, 0.15) is 35.1 Å². The fourth-order valence-corrected chi connectivity index (χ4v) is 3.62. The van der Waals surface area contributed by atoms with Crippen molar-refractivity contribution in [2.75, 3.05) is 25.1 Å². The molecule has 0 N–H and O–H groups in total. The SMILES string of the molecule is COc1c(C)c2c3c(c1C)CCCN3CCC2. The third kappa shape index (κ3) is 1.46. The summed E-state index contributed by atoms with van der Waals surface area (Å²) in [5.41, 5.74) is 7.39. The van der Waals surface area contributed by atoms with Crippen LogP contribution in [-0.4, -0.2) is 20.2 Å². The third-order valence-corrected chi connectivity index (χ3v) is 4.39. The normalized spacial score (nSPS) is 17.9. The van der Waals surface area contributed by atoms with Gasteiger partial charge < -0.3 is 9.64 Å². The molecule has 1 aromatic rings. The zero-order valence-corrected chi connectivity index (χ0v) is 11.1. The summed E-state index contributed by atoms with van der Waals surface area (Å²) in [4.78, 5) is 2.59. The van der Waals surface area contributed by atoms with Crippen molar-refractivity contribution in [3.05, 3.63) is 22.3 Å². The Morgan fingerprint density at radius 3 is 1.94 bits per heavy atom. The van der Waals surface area contributed by atoms with Crippen LogP contribution in [0.15, 0.2) is 0 Å². The Balaban J connectivity index is 2.29. The number of rotatable bonds is 1. The van der Waals surface area contributed by atoms with Gasteiger partial charge in [0, 0.05) is 18.8 Å². The van der Waals surface area contributed by atoms with Gasteiger partial charge in [0.15, 0.2) is 0 Å². The lowest BCUT2D eigenvalue weighted by molar-refractivity contribution is 0.406. The Labute approximate surface area is 104 Å². The summed E-state index contributed by atoms with van der Waals surface area (Å²) < 4.78 is 5.63. The molecule has 2 heterocycles. The fourth-order valence-electron chi connectivity index (χ4n) is 3.62. The molecule has 0 aliphatic carbocycles. The molecule has 17 heavy (non-hydrogen) atoms. The van der Waals surface area contributed by atoms with Crippen molar-refractivity contribution < 1.29 is 4.74 Å². The number of methoxy groups -OCH3 is 1. The second kappa shape index (κ2) is 3.94. The van der Waals surface area contributed by atoms with Crippen molar-refractivity contribution in [1.82, 2.24) is 0 Å². The first-order valence-corrected chi connectivity index (χ1v) is 6.68. The van der Waals surface area contributed by atoms with E-state index >= 15 is 0 Å². The lowest BCUT2D eigenvalue weighted by atomic mass is 9.85. The molecule has 0 bridgehead atoms. The van der Waals surface area contributed by atoms with Gasteiger partial charge in [0.05, 0.1) is 7.11 Å². The third-order valence-electron chi connectivity index (χ3n) is 4.39. The van der Waals surface area contributed by atoms with Gasteiger partial charge in [-0.15, -0.1) is 0 Å². The number of hydrogen-bond acceptors (Lipinski definition) is 2. The quantitative estimate of drug-likeness (QED) is 0.736. The Hall–Kier alpha value is -1.18. The maximum atomic E-state index is 5.63. The summed E-state index contributed by atoms with van der Waals surface area (Å²) in [5, 5.41) is 0. The number of benzene rings is 1. The van der Waals surface area contributed by atoms with Gasteiger partial charge in [-0.25, -0.2) is 0 Å². The van der Waals surface area contributed by atoms with Crippen LogP contribution in [0.4, 0.5) is 5.69 Å². The van der Waals surface area contributed by atoms with E-state index in [-0.39, 0.29) is 0 Å². The van der Waals surface area contributed by atoms with Gasteiger partial charge in [0.2, 0.25) is 0 Å². The van der Waals surface area contributed by atoms with Crippen molar-refractivity contribution in [1.29, 1.82) is 0 Å². The van der Waals surface area contributed by atoms with Crippen LogP contribution < -0.4 is 9.64 Å². The zero-order chi connectivity index (χ0) is 12.0. The van der Waals surface area contributed by atoms with Crippen LogP contribution in [0.3, 0.4) is 0 Å². The highest BCUT2D eigenvalue weighted by atomic mass is 16.5. The predicted octanol–water partition coefficient (Wildman–Crippen LogP) is 3.01. The summed E-state index contributed by atoms with van der Waals surface area (Å²) in [6.45, 7) is 6.93. The van der Waals surface area contributed by atoms with Crippen molar-refractivity contribution >= 4 is 5.69 Å². The topological polar surface area (TPSA) is 12.5 Å². The van der Waals surface area contributed by atoms with Gasteiger partial charge in [-0.05, 0) is 61.8 Å². The summed E-state index contributed by atoms with van der Waals surface area (Å²) in [6.07, 6.45) is 5.03. The van der Waals surface area contributed by atoms with Gasteiger partial charge in [-0.3, -0.25) is 0 Å². The van der Waals surface area contributed by atoms with Gasteiger partial charge >= 0.3 is 0 Å². The van der Waals surface area contributed by atoms with Gasteiger partial charge in [-0.1, -0.05) is 0 Å². The minimum absolute atomic E-state index is 1.13.